The number of hydrogen-bond donors (Lipinski definition) is 1. The van der Waals surface area contributed by atoms with Crippen LogP contribution in [0.25, 0.3) is 0 Å². The first kappa shape index (κ1) is 15.7. The number of nitrogens with zero attached hydrogens (tertiary/aromatic N) is 1. The first-order valence-electron chi connectivity index (χ1n) is 5.60. The zero-order valence-corrected chi connectivity index (χ0v) is 11.9. The molecular weight excluding hydrogens is 293 g/mol. The van der Waals surface area contributed by atoms with Crippen molar-refractivity contribution >= 4 is 34.9 Å². The van der Waals surface area contributed by atoms with Gasteiger partial charge >= 0.3 is 5.97 Å². The zero-order chi connectivity index (χ0) is 14.7. The number of aliphatic carboxylic acids is 1. The van der Waals surface area contributed by atoms with Crippen LogP contribution in [-0.2, 0) is 4.79 Å². The second-order valence-electron chi connectivity index (χ2n) is 4.60. The number of carboxylic acid groups (broad SMARTS) is 1. The highest BCUT2D eigenvalue weighted by Crippen LogP contribution is 2.37. The van der Waals surface area contributed by atoms with Gasteiger partial charge in [-0.15, -0.1) is 0 Å². The topological polar surface area (TPSA) is 80.4 Å². The van der Waals surface area contributed by atoms with Gasteiger partial charge in [-0.25, -0.2) is 0 Å². The number of rotatable bonds is 5. The monoisotopic (exact) mass is 305 g/mol. The van der Waals surface area contributed by atoms with Gasteiger partial charge in [0.05, 0.1) is 20.9 Å². The fourth-order valence-corrected chi connectivity index (χ4v) is 2.15. The molecule has 0 radical (unpaired) electrons. The first-order valence-corrected chi connectivity index (χ1v) is 6.35. The summed E-state index contributed by atoms with van der Waals surface area (Å²) in [5.41, 5.74) is -0.233. The molecule has 1 aromatic carbocycles. The second kappa shape index (κ2) is 6.21. The van der Waals surface area contributed by atoms with Gasteiger partial charge < -0.3 is 5.11 Å². The Morgan fingerprint density at radius 3 is 2.32 bits per heavy atom. The Kier molecular flexibility index (Phi) is 5.14. The molecule has 1 atom stereocenters. The molecule has 1 N–H and O–H groups in total. The summed E-state index contributed by atoms with van der Waals surface area (Å²) in [7, 11) is 0. The standard InChI is InChI=1S/C12H13Cl2NO4/c1-6(2)3-8(12(16)17)7-4-9(13)10(14)5-11(7)15(18)19/h4-6,8H,3H2,1-2H3,(H,16,17). The van der Waals surface area contributed by atoms with E-state index in [0.29, 0.717) is 0 Å². The molecule has 1 aromatic rings. The van der Waals surface area contributed by atoms with E-state index in [1.54, 1.807) is 0 Å². The molecule has 0 aliphatic rings. The van der Waals surface area contributed by atoms with Crippen LogP contribution in [0.4, 0.5) is 5.69 Å². The van der Waals surface area contributed by atoms with Crippen LogP contribution >= 0.6 is 23.2 Å². The summed E-state index contributed by atoms with van der Waals surface area (Å²) >= 11 is 11.6. The molecule has 0 saturated heterocycles. The molecule has 0 heterocycles. The van der Waals surface area contributed by atoms with Crippen molar-refractivity contribution in [2.75, 3.05) is 0 Å². The maximum absolute atomic E-state index is 11.3. The molecule has 0 aromatic heterocycles. The first-order chi connectivity index (χ1) is 8.73. The zero-order valence-electron chi connectivity index (χ0n) is 10.4. The lowest BCUT2D eigenvalue weighted by Gasteiger charge is -2.15. The number of hydrogen-bond acceptors (Lipinski definition) is 3. The third-order valence-corrected chi connectivity index (χ3v) is 3.37. The minimum absolute atomic E-state index is 0.0332. The molecule has 104 valence electrons. The normalized spacial score (nSPS) is 12.5. The highest BCUT2D eigenvalue weighted by Gasteiger charge is 2.29. The molecule has 5 nitrogen and oxygen atoms in total. The van der Waals surface area contributed by atoms with Crippen LogP contribution in [0.2, 0.25) is 10.0 Å². The van der Waals surface area contributed by atoms with Crippen molar-refractivity contribution in [1.82, 2.24) is 0 Å². The van der Waals surface area contributed by atoms with Crippen LogP contribution in [-0.4, -0.2) is 16.0 Å². The average Bonchev–Trinajstić information content (AvgIpc) is 2.28. The van der Waals surface area contributed by atoms with Gasteiger partial charge in [0.25, 0.3) is 5.69 Å². The van der Waals surface area contributed by atoms with Gasteiger partial charge in [-0.05, 0) is 18.4 Å². The molecule has 0 fully saturated rings. The van der Waals surface area contributed by atoms with Gasteiger partial charge in [0.2, 0.25) is 0 Å². The van der Waals surface area contributed by atoms with E-state index in [0.717, 1.165) is 6.07 Å². The number of nitro benzene ring substituents is 1. The second-order valence-corrected chi connectivity index (χ2v) is 5.42. The number of carbonyl (C=O) groups is 1. The Labute approximate surface area is 120 Å². The van der Waals surface area contributed by atoms with Gasteiger partial charge in [0, 0.05) is 11.6 Å². The quantitative estimate of drug-likeness (QED) is 0.655. The maximum Gasteiger partial charge on any atom is 0.311 e. The molecular formula is C12H13Cl2NO4. The van der Waals surface area contributed by atoms with Crippen molar-refractivity contribution in [3.63, 3.8) is 0 Å². The van der Waals surface area contributed by atoms with Crippen LogP contribution in [0.5, 0.6) is 0 Å². The lowest BCUT2D eigenvalue weighted by atomic mass is 9.89. The predicted octanol–water partition coefficient (Wildman–Crippen LogP) is 4.12. The molecule has 0 amide bonds. The van der Waals surface area contributed by atoms with Crippen molar-refractivity contribution in [2.24, 2.45) is 5.92 Å². The molecule has 1 unspecified atom stereocenters. The van der Waals surface area contributed by atoms with Crippen molar-refractivity contribution in [1.29, 1.82) is 0 Å². The lowest BCUT2D eigenvalue weighted by Crippen LogP contribution is -2.15. The van der Waals surface area contributed by atoms with Gasteiger partial charge in [-0.3, -0.25) is 14.9 Å². The number of benzene rings is 1. The highest BCUT2D eigenvalue weighted by atomic mass is 35.5. The Hall–Kier alpha value is -1.33. The summed E-state index contributed by atoms with van der Waals surface area (Å²) in [6.07, 6.45) is 0.286. The van der Waals surface area contributed by atoms with E-state index >= 15 is 0 Å². The van der Waals surface area contributed by atoms with Gasteiger partial charge in [-0.1, -0.05) is 37.0 Å². The van der Waals surface area contributed by atoms with E-state index < -0.39 is 16.8 Å². The smallest absolute Gasteiger partial charge is 0.311 e. The minimum Gasteiger partial charge on any atom is -0.481 e. The summed E-state index contributed by atoms with van der Waals surface area (Å²) in [4.78, 5) is 21.7. The minimum atomic E-state index is -1.12. The lowest BCUT2D eigenvalue weighted by molar-refractivity contribution is -0.385. The third-order valence-electron chi connectivity index (χ3n) is 2.65. The van der Waals surface area contributed by atoms with Crippen molar-refractivity contribution in [3.8, 4) is 0 Å². The SMILES string of the molecule is CC(C)CC(C(=O)O)c1cc(Cl)c(Cl)cc1[N+](=O)[O-]. The van der Waals surface area contributed by atoms with E-state index in [1.165, 1.54) is 6.07 Å². The number of halogens is 2. The van der Waals surface area contributed by atoms with Crippen molar-refractivity contribution in [2.45, 2.75) is 26.2 Å². The summed E-state index contributed by atoms with van der Waals surface area (Å²) in [5.74, 6) is -2.01. The maximum atomic E-state index is 11.3. The van der Waals surface area contributed by atoms with E-state index in [-0.39, 0.29) is 33.6 Å². The highest BCUT2D eigenvalue weighted by molar-refractivity contribution is 6.42. The van der Waals surface area contributed by atoms with E-state index in [9.17, 15) is 20.0 Å². The fraction of sp³-hybridized carbons (Fsp3) is 0.417. The molecule has 0 aliphatic carbocycles. The molecule has 0 spiro atoms. The molecule has 1 rings (SSSR count). The largest absolute Gasteiger partial charge is 0.481 e. The van der Waals surface area contributed by atoms with Crippen LogP contribution in [0.1, 0.15) is 31.7 Å². The van der Waals surface area contributed by atoms with Crippen LogP contribution < -0.4 is 0 Å². The van der Waals surface area contributed by atoms with Crippen LogP contribution in [0.15, 0.2) is 12.1 Å². The van der Waals surface area contributed by atoms with Gasteiger partial charge in [-0.2, -0.15) is 0 Å². The Balaban J connectivity index is 3.40. The van der Waals surface area contributed by atoms with Crippen LogP contribution in [0, 0.1) is 16.0 Å². The Morgan fingerprint density at radius 1 is 1.37 bits per heavy atom. The number of carboxylic acids is 1. The number of nitro groups is 1. The molecule has 0 bridgehead atoms. The third kappa shape index (κ3) is 3.81. The summed E-state index contributed by atoms with van der Waals surface area (Å²) in [6, 6.07) is 2.36. The molecule has 0 saturated carbocycles. The Morgan fingerprint density at radius 2 is 1.89 bits per heavy atom. The molecule has 19 heavy (non-hydrogen) atoms. The average molecular weight is 306 g/mol. The molecule has 0 aliphatic heterocycles. The predicted molar refractivity (Wildman–Crippen MR) is 72.9 cm³/mol. The summed E-state index contributed by atoms with van der Waals surface area (Å²) in [6.45, 7) is 3.69. The van der Waals surface area contributed by atoms with Crippen LogP contribution in [0.3, 0.4) is 0 Å². The summed E-state index contributed by atoms with van der Waals surface area (Å²) in [5, 5.41) is 20.4. The van der Waals surface area contributed by atoms with Crippen molar-refractivity contribution in [3.05, 3.63) is 37.9 Å². The van der Waals surface area contributed by atoms with Gasteiger partial charge in [0.1, 0.15) is 0 Å². The summed E-state index contributed by atoms with van der Waals surface area (Å²) < 4.78 is 0. The van der Waals surface area contributed by atoms with Gasteiger partial charge in [0.15, 0.2) is 0 Å². The van der Waals surface area contributed by atoms with E-state index in [2.05, 4.69) is 0 Å². The Bertz CT molecular complexity index is 517. The fourth-order valence-electron chi connectivity index (χ4n) is 1.82. The van der Waals surface area contributed by atoms with E-state index in [4.69, 9.17) is 23.2 Å². The molecule has 7 heteroatoms. The van der Waals surface area contributed by atoms with E-state index in [1.807, 2.05) is 13.8 Å². The van der Waals surface area contributed by atoms with Crippen molar-refractivity contribution < 1.29 is 14.8 Å².